The molecule has 1 aliphatic rings. The Labute approximate surface area is 165 Å². The molecule has 1 aromatic heterocycles. The zero-order chi connectivity index (χ0) is 19.7. The van der Waals surface area contributed by atoms with Crippen LogP contribution in [0.2, 0.25) is 0 Å². The number of piperidine rings is 1. The lowest BCUT2D eigenvalue weighted by Gasteiger charge is -2.32. The summed E-state index contributed by atoms with van der Waals surface area (Å²) in [7, 11) is 0. The van der Waals surface area contributed by atoms with Crippen molar-refractivity contribution in [2.45, 2.75) is 39.3 Å². The summed E-state index contributed by atoms with van der Waals surface area (Å²) in [5.74, 6) is 0. The second-order valence-electron chi connectivity index (χ2n) is 7.74. The standard InChI is InChI=1S/C23H27N3O2/c1-15-5-6-17-12-18(23(28)25-22(17)16(15)2)13-24-19-7-9-20(10-8-19)26-11-3-4-21(27)14-26/h5-10,12,21,24,27H,3-4,11,13-14H2,1-2H3,(H,25,28)/t21-/m0/s1. The van der Waals surface area contributed by atoms with E-state index in [2.05, 4.69) is 46.4 Å². The lowest BCUT2D eigenvalue weighted by Crippen LogP contribution is -2.38. The van der Waals surface area contributed by atoms with Gasteiger partial charge in [-0.05, 0) is 73.5 Å². The number of aliphatic hydroxyl groups excluding tert-OH is 1. The maximum absolute atomic E-state index is 12.5. The first-order valence-electron chi connectivity index (χ1n) is 9.90. The van der Waals surface area contributed by atoms with E-state index in [1.165, 1.54) is 5.56 Å². The van der Waals surface area contributed by atoms with Gasteiger partial charge in [-0.15, -0.1) is 0 Å². The minimum Gasteiger partial charge on any atom is -0.391 e. The molecule has 146 valence electrons. The zero-order valence-electron chi connectivity index (χ0n) is 16.5. The van der Waals surface area contributed by atoms with Gasteiger partial charge in [-0.25, -0.2) is 0 Å². The summed E-state index contributed by atoms with van der Waals surface area (Å²) in [6.07, 6.45) is 1.67. The molecule has 1 atom stereocenters. The Morgan fingerprint density at radius 3 is 2.71 bits per heavy atom. The Balaban J connectivity index is 1.48. The highest BCUT2D eigenvalue weighted by Gasteiger charge is 2.17. The number of aryl methyl sites for hydroxylation is 2. The highest BCUT2D eigenvalue weighted by molar-refractivity contribution is 5.83. The summed E-state index contributed by atoms with van der Waals surface area (Å²) in [6, 6.07) is 14.3. The summed E-state index contributed by atoms with van der Waals surface area (Å²) < 4.78 is 0. The normalized spacial score (nSPS) is 17.1. The van der Waals surface area contributed by atoms with Gasteiger partial charge in [-0.2, -0.15) is 0 Å². The molecular formula is C23H27N3O2. The van der Waals surface area contributed by atoms with Gasteiger partial charge < -0.3 is 20.3 Å². The van der Waals surface area contributed by atoms with Crippen LogP contribution < -0.4 is 15.8 Å². The topological polar surface area (TPSA) is 68.4 Å². The van der Waals surface area contributed by atoms with Gasteiger partial charge in [0.15, 0.2) is 0 Å². The number of aromatic amines is 1. The molecule has 0 radical (unpaired) electrons. The summed E-state index contributed by atoms with van der Waals surface area (Å²) in [5, 5.41) is 14.3. The fourth-order valence-corrected chi connectivity index (χ4v) is 3.88. The third-order valence-electron chi connectivity index (χ3n) is 5.74. The average Bonchev–Trinajstić information content (AvgIpc) is 2.70. The Bertz CT molecular complexity index is 1040. The van der Waals surface area contributed by atoms with Crippen molar-refractivity contribution in [2.24, 2.45) is 0 Å². The molecule has 0 amide bonds. The second kappa shape index (κ2) is 7.68. The molecule has 0 spiro atoms. The van der Waals surface area contributed by atoms with Crippen molar-refractivity contribution in [3.05, 3.63) is 69.5 Å². The van der Waals surface area contributed by atoms with E-state index >= 15 is 0 Å². The van der Waals surface area contributed by atoms with Crippen LogP contribution in [-0.4, -0.2) is 29.3 Å². The lowest BCUT2D eigenvalue weighted by atomic mass is 10.0. The van der Waals surface area contributed by atoms with E-state index in [1.807, 2.05) is 25.1 Å². The molecule has 0 saturated carbocycles. The molecule has 0 bridgehead atoms. The maximum Gasteiger partial charge on any atom is 0.253 e. The smallest absolute Gasteiger partial charge is 0.253 e. The molecule has 1 aliphatic heterocycles. The molecular weight excluding hydrogens is 350 g/mol. The lowest BCUT2D eigenvalue weighted by molar-refractivity contribution is 0.154. The van der Waals surface area contributed by atoms with Gasteiger partial charge >= 0.3 is 0 Å². The van der Waals surface area contributed by atoms with Crippen LogP contribution in [0.4, 0.5) is 11.4 Å². The zero-order valence-corrected chi connectivity index (χ0v) is 16.5. The van der Waals surface area contributed by atoms with Crippen molar-refractivity contribution in [1.29, 1.82) is 0 Å². The number of benzene rings is 2. The maximum atomic E-state index is 12.5. The monoisotopic (exact) mass is 377 g/mol. The Morgan fingerprint density at radius 2 is 1.96 bits per heavy atom. The molecule has 28 heavy (non-hydrogen) atoms. The van der Waals surface area contributed by atoms with Crippen LogP contribution in [0.15, 0.2) is 47.3 Å². The molecule has 1 fully saturated rings. The van der Waals surface area contributed by atoms with Crippen LogP contribution in [0.1, 0.15) is 29.5 Å². The summed E-state index contributed by atoms with van der Waals surface area (Å²) >= 11 is 0. The second-order valence-corrected chi connectivity index (χ2v) is 7.74. The number of β-amino-alcohol motifs (C(OH)–C–C–N with tert-alkyl or cyclic N) is 1. The van der Waals surface area contributed by atoms with Gasteiger partial charge in [-0.3, -0.25) is 4.79 Å². The molecule has 2 heterocycles. The number of hydrogen-bond acceptors (Lipinski definition) is 4. The summed E-state index contributed by atoms with van der Waals surface area (Å²) in [6.45, 7) is 6.23. The molecule has 1 saturated heterocycles. The van der Waals surface area contributed by atoms with Gasteiger partial charge in [-0.1, -0.05) is 12.1 Å². The first-order valence-corrected chi connectivity index (χ1v) is 9.90. The molecule has 5 heteroatoms. The Kier molecular flexibility index (Phi) is 5.09. The van der Waals surface area contributed by atoms with Crippen molar-refractivity contribution in [2.75, 3.05) is 23.3 Å². The number of hydrogen-bond donors (Lipinski definition) is 3. The highest BCUT2D eigenvalue weighted by Crippen LogP contribution is 2.23. The molecule has 3 aromatic rings. The molecule has 5 nitrogen and oxygen atoms in total. The minimum absolute atomic E-state index is 0.0485. The fourth-order valence-electron chi connectivity index (χ4n) is 3.88. The van der Waals surface area contributed by atoms with E-state index in [4.69, 9.17) is 0 Å². The van der Waals surface area contributed by atoms with Gasteiger partial charge in [0.1, 0.15) is 0 Å². The molecule has 2 aromatic carbocycles. The predicted octanol–water partition coefficient (Wildman–Crippen LogP) is 3.72. The number of rotatable bonds is 4. The number of pyridine rings is 1. The minimum atomic E-state index is -0.237. The number of nitrogens with one attached hydrogen (secondary N) is 2. The third-order valence-corrected chi connectivity index (χ3v) is 5.74. The first kappa shape index (κ1) is 18.6. The van der Waals surface area contributed by atoms with Crippen LogP contribution in [0.3, 0.4) is 0 Å². The quantitative estimate of drug-likeness (QED) is 0.648. The van der Waals surface area contributed by atoms with Crippen LogP contribution in [0.25, 0.3) is 10.9 Å². The Morgan fingerprint density at radius 1 is 1.18 bits per heavy atom. The number of anilines is 2. The molecule has 0 aliphatic carbocycles. The van der Waals surface area contributed by atoms with E-state index in [1.54, 1.807) is 0 Å². The van der Waals surface area contributed by atoms with Crippen LogP contribution in [-0.2, 0) is 6.54 Å². The van der Waals surface area contributed by atoms with Gasteiger partial charge in [0.25, 0.3) is 5.56 Å². The number of aliphatic hydroxyl groups is 1. The van der Waals surface area contributed by atoms with Crippen molar-refractivity contribution >= 4 is 22.3 Å². The summed E-state index contributed by atoms with van der Waals surface area (Å²) in [4.78, 5) is 17.7. The van der Waals surface area contributed by atoms with Crippen molar-refractivity contribution < 1.29 is 5.11 Å². The third kappa shape index (κ3) is 3.76. The number of fused-ring (bicyclic) bond motifs is 1. The van der Waals surface area contributed by atoms with E-state index in [-0.39, 0.29) is 11.7 Å². The van der Waals surface area contributed by atoms with Crippen LogP contribution in [0.5, 0.6) is 0 Å². The first-order chi connectivity index (χ1) is 13.5. The van der Waals surface area contributed by atoms with E-state index in [9.17, 15) is 9.90 Å². The van der Waals surface area contributed by atoms with E-state index < -0.39 is 0 Å². The predicted molar refractivity (Wildman–Crippen MR) is 115 cm³/mol. The number of nitrogens with zero attached hydrogens (tertiary/aromatic N) is 1. The average molecular weight is 377 g/mol. The molecule has 3 N–H and O–H groups in total. The highest BCUT2D eigenvalue weighted by atomic mass is 16.3. The largest absolute Gasteiger partial charge is 0.391 e. The van der Waals surface area contributed by atoms with Crippen molar-refractivity contribution in [3.63, 3.8) is 0 Å². The van der Waals surface area contributed by atoms with Crippen molar-refractivity contribution in [1.82, 2.24) is 4.98 Å². The van der Waals surface area contributed by atoms with Crippen molar-refractivity contribution in [3.8, 4) is 0 Å². The summed E-state index contributed by atoms with van der Waals surface area (Å²) in [5.41, 5.74) is 5.98. The fraction of sp³-hybridized carbons (Fsp3) is 0.348. The van der Waals surface area contributed by atoms with Gasteiger partial charge in [0.05, 0.1) is 11.6 Å². The van der Waals surface area contributed by atoms with Crippen LogP contribution in [0, 0.1) is 13.8 Å². The number of aromatic nitrogens is 1. The van der Waals surface area contributed by atoms with E-state index in [0.717, 1.165) is 52.8 Å². The SMILES string of the molecule is Cc1ccc2cc(CNc3ccc(N4CCC[C@H](O)C4)cc3)c(=O)[nH]c2c1C. The molecule has 0 unspecified atom stereocenters. The van der Waals surface area contributed by atoms with E-state index in [0.29, 0.717) is 13.1 Å². The Hall–Kier alpha value is -2.79. The van der Waals surface area contributed by atoms with Gasteiger partial charge in [0, 0.05) is 36.6 Å². The molecule has 4 rings (SSSR count). The van der Waals surface area contributed by atoms with Gasteiger partial charge in [0.2, 0.25) is 0 Å². The number of H-pyrrole nitrogens is 1. The van der Waals surface area contributed by atoms with Crippen LogP contribution >= 0.6 is 0 Å².